The van der Waals surface area contributed by atoms with Gasteiger partial charge >= 0.3 is 5.97 Å². The van der Waals surface area contributed by atoms with Crippen LogP contribution in [0.5, 0.6) is 5.75 Å². The van der Waals surface area contributed by atoms with Crippen molar-refractivity contribution in [3.8, 4) is 5.75 Å². The van der Waals surface area contributed by atoms with E-state index in [1.807, 2.05) is 18.2 Å². The van der Waals surface area contributed by atoms with Crippen molar-refractivity contribution in [3.63, 3.8) is 0 Å². The lowest BCUT2D eigenvalue weighted by atomic mass is 10.2. The number of ether oxygens (including phenoxy) is 2. The first-order chi connectivity index (χ1) is 8.20. The summed E-state index contributed by atoms with van der Waals surface area (Å²) in [5, 5.41) is 3.63. The highest BCUT2D eigenvalue weighted by Crippen LogP contribution is 2.26. The van der Waals surface area contributed by atoms with Crippen LogP contribution in [0.15, 0.2) is 24.3 Å². The molecule has 1 unspecified atom stereocenters. The lowest BCUT2D eigenvalue weighted by Crippen LogP contribution is -2.31. The van der Waals surface area contributed by atoms with Gasteiger partial charge in [0.2, 0.25) is 0 Å². The van der Waals surface area contributed by atoms with Gasteiger partial charge in [0, 0.05) is 13.0 Å². The first-order valence-corrected chi connectivity index (χ1v) is 5.81. The van der Waals surface area contributed by atoms with Crippen molar-refractivity contribution in [1.82, 2.24) is 5.32 Å². The summed E-state index contributed by atoms with van der Waals surface area (Å²) >= 11 is 5.99. The van der Waals surface area contributed by atoms with Gasteiger partial charge in [-0.25, -0.2) is 0 Å². The highest BCUT2D eigenvalue weighted by Gasteiger charge is 2.31. The summed E-state index contributed by atoms with van der Waals surface area (Å²) < 4.78 is 10.4. The molecule has 0 radical (unpaired) electrons. The van der Waals surface area contributed by atoms with Gasteiger partial charge in [0.15, 0.2) is 0 Å². The molecule has 1 aromatic rings. The maximum Gasteiger partial charge on any atom is 0.323 e. The van der Waals surface area contributed by atoms with Gasteiger partial charge in [0.1, 0.15) is 17.9 Å². The Labute approximate surface area is 105 Å². The Kier molecular flexibility index (Phi) is 3.86. The number of para-hydroxylation sites is 1. The van der Waals surface area contributed by atoms with E-state index < -0.39 is 0 Å². The highest BCUT2D eigenvalue weighted by atomic mass is 35.5. The third-order valence-electron chi connectivity index (χ3n) is 2.71. The predicted molar refractivity (Wildman–Crippen MR) is 64.3 cm³/mol. The maximum atomic E-state index is 11.3. The lowest BCUT2D eigenvalue weighted by Gasteiger charge is -2.13. The fraction of sp³-hybridized carbons (Fsp3) is 0.417. The van der Waals surface area contributed by atoms with E-state index in [4.69, 9.17) is 16.3 Å². The molecule has 1 heterocycles. The third kappa shape index (κ3) is 2.90. The van der Waals surface area contributed by atoms with E-state index in [9.17, 15) is 4.79 Å². The number of carbonyl (C=O) groups excluding carboxylic acids is 1. The van der Waals surface area contributed by atoms with Crippen LogP contribution in [0.3, 0.4) is 0 Å². The van der Waals surface area contributed by atoms with E-state index in [0.29, 0.717) is 23.7 Å². The number of esters is 1. The van der Waals surface area contributed by atoms with Crippen LogP contribution in [0.2, 0.25) is 5.02 Å². The molecule has 4 nitrogen and oxygen atoms in total. The Morgan fingerprint density at radius 3 is 2.94 bits per heavy atom. The van der Waals surface area contributed by atoms with Crippen LogP contribution in [0.1, 0.15) is 6.42 Å². The predicted octanol–water partition coefficient (Wildman–Crippen LogP) is 1.62. The fourth-order valence-electron chi connectivity index (χ4n) is 1.83. The minimum atomic E-state index is -0.285. The fourth-order valence-corrected chi connectivity index (χ4v) is 2.02. The summed E-state index contributed by atoms with van der Waals surface area (Å²) in [4.78, 5) is 11.3. The van der Waals surface area contributed by atoms with Crippen LogP contribution in [0.4, 0.5) is 0 Å². The van der Waals surface area contributed by atoms with Gasteiger partial charge in [-0.15, -0.1) is 0 Å². The van der Waals surface area contributed by atoms with E-state index in [1.165, 1.54) is 7.11 Å². The van der Waals surface area contributed by atoms with Crippen LogP contribution in [0.25, 0.3) is 0 Å². The number of benzene rings is 1. The van der Waals surface area contributed by atoms with Crippen molar-refractivity contribution in [3.05, 3.63) is 29.3 Å². The second kappa shape index (κ2) is 5.38. The summed E-state index contributed by atoms with van der Waals surface area (Å²) in [6.45, 7) is 0.616. The minimum absolute atomic E-state index is 0.0565. The van der Waals surface area contributed by atoms with Crippen LogP contribution < -0.4 is 10.1 Å². The zero-order valence-corrected chi connectivity index (χ0v) is 10.2. The van der Waals surface area contributed by atoms with Crippen LogP contribution in [0, 0.1) is 0 Å². The zero-order valence-electron chi connectivity index (χ0n) is 9.48. The average molecular weight is 256 g/mol. The normalized spacial score (nSPS) is 23.4. The van der Waals surface area contributed by atoms with Gasteiger partial charge in [0.05, 0.1) is 12.1 Å². The standard InChI is InChI=1S/C12H14ClNO3/c1-16-12(15)10-6-8(7-14-10)17-11-5-3-2-4-9(11)13/h2-5,8,10,14H,6-7H2,1H3/t8?,10-/m0/s1. The molecule has 1 aliphatic heterocycles. The molecule has 0 bridgehead atoms. The number of halogens is 1. The number of methoxy groups -OCH3 is 1. The quantitative estimate of drug-likeness (QED) is 0.834. The number of rotatable bonds is 3. The first kappa shape index (κ1) is 12.2. The second-order valence-corrected chi connectivity index (χ2v) is 4.30. The Bertz CT molecular complexity index is 410. The van der Waals surface area contributed by atoms with Crippen molar-refractivity contribution in [2.24, 2.45) is 0 Å². The monoisotopic (exact) mass is 255 g/mol. The molecule has 0 aliphatic carbocycles. The smallest absolute Gasteiger partial charge is 0.323 e. The Balaban J connectivity index is 1.94. The van der Waals surface area contributed by atoms with Crippen LogP contribution >= 0.6 is 11.6 Å². The van der Waals surface area contributed by atoms with Crippen LogP contribution in [-0.2, 0) is 9.53 Å². The first-order valence-electron chi connectivity index (χ1n) is 5.43. The average Bonchev–Trinajstić information content (AvgIpc) is 2.80. The van der Waals surface area contributed by atoms with Crippen LogP contribution in [-0.4, -0.2) is 31.8 Å². The molecule has 17 heavy (non-hydrogen) atoms. The van der Waals surface area contributed by atoms with Gasteiger partial charge in [-0.3, -0.25) is 4.79 Å². The van der Waals surface area contributed by atoms with Crippen molar-refractivity contribution in [2.45, 2.75) is 18.6 Å². The molecule has 1 aliphatic rings. The third-order valence-corrected chi connectivity index (χ3v) is 3.02. The molecule has 0 amide bonds. The van der Waals surface area contributed by atoms with Crippen molar-refractivity contribution in [2.75, 3.05) is 13.7 Å². The topological polar surface area (TPSA) is 47.6 Å². The Morgan fingerprint density at radius 1 is 1.47 bits per heavy atom. The molecular weight excluding hydrogens is 242 g/mol. The molecule has 2 rings (SSSR count). The van der Waals surface area contributed by atoms with E-state index >= 15 is 0 Å². The van der Waals surface area contributed by atoms with E-state index in [2.05, 4.69) is 10.1 Å². The summed E-state index contributed by atoms with van der Waals surface area (Å²) in [5.74, 6) is 0.391. The summed E-state index contributed by atoms with van der Waals surface area (Å²) in [7, 11) is 1.38. The largest absolute Gasteiger partial charge is 0.487 e. The zero-order chi connectivity index (χ0) is 12.3. The van der Waals surface area contributed by atoms with Gasteiger partial charge in [-0.05, 0) is 12.1 Å². The van der Waals surface area contributed by atoms with Gasteiger partial charge in [0.25, 0.3) is 0 Å². The van der Waals surface area contributed by atoms with E-state index in [-0.39, 0.29) is 18.1 Å². The Hall–Kier alpha value is -1.26. The van der Waals surface area contributed by atoms with Crippen molar-refractivity contribution >= 4 is 17.6 Å². The minimum Gasteiger partial charge on any atom is -0.487 e. The van der Waals surface area contributed by atoms with Gasteiger partial charge in [-0.2, -0.15) is 0 Å². The van der Waals surface area contributed by atoms with E-state index in [1.54, 1.807) is 6.07 Å². The molecule has 1 N–H and O–H groups in total. The molecule has 5 heteroatoms. The van der Waals surface area contributed by atoms with Gasteiger partial charge in [-0.1, -0.05) is 23.7 Å². The second-order valence-electron chi connectivity index (χ2n) is 3.89. The Morgan fingerprint density at radius 2 is 2.24 bits per heavy atom. The van der Waals surface area contributed by atoms with E-state index in [0.717, 1.165) is 0 Å². The molecular formula is C12H14ClNO3. The molecule has 1 saturated heterocycles. The maximum absolute atomic E-state index is 11.3. The lowest BCUT2D eigenvalue weighted by molar-refractivity contribution is -0.142. The number of hydrogen-bond acceptors (Lipinski definition) is 4. The molecule has 2 atom stereocenters. The SMILES string of the molecule is COC(=O)[C@@H]1CC(Oc2ccccc2Cl)CN1. The van der Waals surface area contributed by atoms with Crippen molar-refractivity contribution < 1.29 is 14.3 Å². The summed E-state index contributed by atoms with van der Waals surface area (Å²) in [5.41, 5.74) is 0. The van der Waals surface area contributed by atoms with Gasteiger partial charge < -0.3 is 14.8 Å². The molecule has 0 aromatic heterocycles. The summed E-state index contributed by atoms with van der Waals surface area (Å²) in [6.07, 6.45) is 0.539. The molecule has 0 spiro atoms. The highest BCUT2D eigenvalue weighted by molar-refractivity contribution is 6.32. The molecule has 1 aromatic carbocycles. The molecule has 92 valence electrons. The number of hydrogen-bond donors (Lipinski definition) is 1. The number of nitrogens with one attached hydrogen (secondary N) is 1. The molecule has 1 fully saturated rings. The number of carbonyl (C=O) groups is 1. The molecule has 0 saturated carbocycles. The summed E-state index contributed by atoms with van der Waals surface area (Å²) in [6, 6.07) is 7.01. The van der Waals surface area contributed by atoms with Crippen molar-refractivity contribution in [1.29, 1.82) is 0 Å².